The first-order chi connectivity index (χ1) is 10.2. The lowest BCUT2D eigenvalue weighted by atomic mass is 10.1. The van der Waals surface area contributed by atoms with Crippen molar-refractivity contribution in [3.63, 3.8) is 0 Å². The van der Waals surface area contributed by atoms with Crippen LogP contribution < -0.4 is 14.8 Å². The summed E-state index contributed by atoms with van der Waals surface area (Å²) < 4.78 is 10.6. The van der Waals surface area contributed by atoms with Crippen LogP contribution in [0.25, 0.3) is 11.3 Å². The zero-order valence-electron chi connectivity index (χ0n) is 12.0. The summed E-state index contributed by atoms with van der Waals surface area (Å²) in [7, 11) is 3.20. The topological polar surface area (TPSA) is 76.2 Å². The molecule has 1 aliphatic rings. The number of aromatic amines is 1. The van der Waals surface area contributed by atoms with E-state index in [2.05, 4.69) is 15.5 Å². The van der Waals surface area contributed by atoms with Gasteiger partial charge in [0.2, 0.25) is 0 Å². The van der Waals surface area contributed by atoms with Crippen molar-refractivity contribution in [1.82, 2.24) is 15.5 Å². The third-order valence-corrected chi connectivity index (χ3v) is 3.42. The number of carbonyl (C=O) groups excluding carboxylic acids is 1. The molecule has 6 nitrogen and oxygen atoms in total. The number of methoxy groups -OCH3 is 2. The number of nitrogens with zero attached hydrogens (tertiary/aromatic N) is 1. The highest BCUT2D eigenvalue weighted by molar-refractivity contribution is 5.94. The van der Waals surface area contributed by atoms with Gasteiger partial charge in [-0.3, -0.25) is 9.89 Å². The Kier molecular flexibility index (Phi) is 3.51. The molecule has 1 aromatic carbocycles. The first-order valence-electron chi connectivity index (χ1n) is 6.80. The second-order valence-electron chi connectivity index (χ2n) is 4.98. The molecule has 0 unspecified atom stereocenters. The molecule has 0 bridgehead atoms. The van der Waals surface area contributed by atoms with Crippen molar-refractivity contribution in [3.05, 3.63) is 30.0 Å². The van der Waals surface area contributed by atoms with Crippen molar-refractivity contribution in [2.75, 3.05) is 14.2 Å². The zero-order valence-corrected chi connectivity index (χ0v) is 12.0. The summed E-state index contributed by atoms with van der Waals surface area (Å²) >= 11 is 0. The summed E-state index contributed by atoms with van der Waals surface area (Å²) in [6.45, 7) is 0. The Labute approximate surface area is 122 Å². The third kappa shape index (κ3) is 2.84. The fourth-order valence-electron chi connectivity index (χ4n) is 2.08. The molecule has 0 aliphatic heterocycles. The first kappa shape index (κ1) is 13.5. The minimum atomic E-state index is -0.127. The number of ether oxygens (including phenoxy) is 2. The molecule has 1 amide bonds. The highest BCUT2D eigenvalue weighted by atomic mass is 16.5. The number of hydrogen-bond acceptors (Lipinski definition) is 4. The van der Waals surface area contributed by atoms with Crippen LogP contribution in [0.2, 0.25) is 0 Å². The Morgan fingerprint density at radius 2 is 2.10 bits per heavy atom. The predicted molar refractivity (Wildman–Crippen MR) is 77.6 cm³/mol. The molecule has 0 spiro atoms. The molecule has 21 heavy (non-hydrogen) atoms. The van der Waals surface area contributed by atoms with Gasteiger partial charge < -0.3 is 14.8 Å². The summed E-state index contributed by atoms with van der Waals surface area (Å²) in [5.74, 6) is 1.26. The van der Waals surface area contributed by atoms with Crippen molar-refractivity contribution >= 4 is 5.91 Å². The number of aromatic nitrogens is 2. The van der Waals surface area contributed by atoms with Crippen LogP contribution >= 0.6 is 0 Å². The van der Waals surface area contributed by atoms with E-state index < -0.39 is 0 Å². The molecule has 1 saturated carbocycles. The molecule has 1 aliphatic carbocycles. The number of carbonyl (C=O) groups is 1. The van der Waals surface area contributed by atoms with E-state index in [4.69, 9.17) is 9.47 Å². The number of amides is 1. The van der Waals surface area contributed by atoms with Crippen molar-refractivity contribution in [3.8, 4) is 22.8 Å². The summed E-state index contributed by atoms with van der Waals surface area (Å²) in [5, 5.41) is 9.89. The molecule has 1 aromatic heterocycles. The highest BCUT2D eigenvalue weighted by Crippen LogP contribution is 2.32. The van der Waals surface area contributed by atoms with E-state index >= 15 is 0 Å². The van der Waals surface area contributed by atoms with Gasteiger partial charge in [-0.2, -0.15) is 5.10 Å². The quantitative estimate of drug-likeness (QED) is 0.881. The lowest BCUT2D eigenvalue weighted by Gasteiger charge is -2.08. The molecule has 0 atom stereocenters. The maximum absolute atomic E-state index is 12.0. The molecule has 2 aromatic rings. The number of hydrogen-bond donors (Lipinski definition) is 2. The van der Waals surface area contributed by atoms with Gasteiger partial charge in [-0.05, 0) is 37.1 Å². The summed E-state index contributed by atoms with van der Waals surface area (Å²) in [6, 6.07) is 7.49. The second-order valence-corrected chi connectivity index (χ2v) is 4.98. The first-order valence-corrected chi connectivity index (χ1v) is 6.80. The van der Waals surface area contributed by atoms with Gasteiger partial charge in [0.15, 0.2) is 0 Å². The fraction of sp³-hybridized carbons (Fsp3) is 0.333. The second kappa shape index (κ2) is 5.47. The van der Waals surface area contributed by atoms with Gasteiger partial charge in [0, 0.05) is 11.6 Å². The highest BCUT2D eigenvalue weighted by Gasteiger charge is 2.25. The van der Waals surface area contributed by atoms with Crippen LogP contribution in [-0.2, 0) is 0 Å². The molecule has 0 radical (unpaired) electrons. The van der Waals surface area contributed by atoms with Crippen LogP contribution in [0.3, 0.4) is 0 Å². The summed E-state index contributed by atoms with van der Waals surface area (Å²) in [4.78, 5) is 12.0. The smallest absolute Gasteiger partial charge is 0.269 e. The standard InChI is InChI=1S/C15H17N3O3/c1-20-10-5-6-14(21-2)11(7-10)12-8-13(18-17-12)15(19)16-9-3-4-9/h5-9H,3-4H2,1-2H3,(H,16,19)(H,17,18). The van der Waals surface area contributed by atoms with Crippen molar-refractivity contribution in [2.45, 2.75) is 18.9 Å². The van der Waals surface area contributed by atoms with Gasteiger partial charge >= 0.3 is 0 Å². The molecule has 1 fully saturated rings. The van der Waals surface area contributed by atoms with E-state index in [1.807, 2.05) is 18.2 Å². The number of nitrogens with one attached hydrogen (secondary N) is 2. The van der Waals surface area contributed by atoms with Gasteiger partial charge in [-0.15, -0.1) is 0 Å². The van der Waals surface area contributed by atoms with Crippen LogP contribution in [0.15, 0.2) is 24.3 Å². The Morgan fingerprint density at radius 1 is 1.29 bits per heavy atom. The minimum Gasteiger partial charge on any atom is -0.497 e. The van der Waals surface area contributed by atoms with Crippen molar-refractivity contribution in [1.29, 1.82) is 0 Å². The Morgan fingerprint density at radius 3 is 2.76 bits per heavy atom. The maximum atomic E-state index is 12.0. The largest absolute Gasteiger partial charge is 0.497 e. The van der Waals surface area contributed by atoms with E-state index in [0.29, 0.717) is 28.9 Å². The van der Waals surface area contributed by atoms with Crippen LogP contribution in [0.1, 0.15) is 23.3 Å². The van der Waals surface area contributed by atoms with E-state index in [1.54, 1.807) is 20.3 Å². The van der Waals surface area contributed by atoms with E-state index in [-0.39, 0.29) is 5.91 Å². The number of benzene rings is 1. The average Bonchev–Trinajstić information content (AvgIpc) is 3.18. The summed E-state index contributed by atoms with van der Waals surface area (Å²) in [5.41, 5.74) is 1.87. The van der Waals surface area contributed by atoms with Crippen molar-refractivity contribution in [2.24, 2.45) is 0 Å². The lowest BCUT2D eigenvalue weighted by molar-refractivity contribution is 0.0946. The van der Waals surface area contributed by atoms with Gasteiger partial charge in [0.1, 0.15) is 17.2 Å². The SMILES string of the molecule is COc1ccc(OC)c(-c2cc(C(=O)NC3CC3)[nH]n2)c1. The molecular formula is C15H17N3O3. The van der Waals surface area contributed by atoms with Crippen LogP contribution in [0.5, 0.6) is 11.5 Å². The monoisotopic (exact) mass is 287 g/mol. The van der Waals surface area contributed by atoms with Crippen LogP contribution in [0, 0.1) is 0 Å². The normalized spacial score (nSPS) is 13.8. The zero-order chi connectivity index (χ0) is 14.8. The Balaban J connectivity index is 1.89. The molecule has 3 rings (SSSR count). The van der Waals surface area contributed by atoms with E-state index in [1.165, 1.54) is 0 Å². The Hall–Kier alpha value is -2.50. The molecule has 1 heterocycles. The molecule has 110 valence electrons. The number of H-pyrrole nitrogens is 1. The third-order valence-electron chi connectivity index (χ3n) is 3.42. The van der Waals surface area contributed by atoms with Gasteiger partial charge in [0.25, 0.3) is 5.91 Å². The predicted octanol–water partition coefficient (Wildman–Crippen LogP) is 1.99. The van der Waals surface area contributed by atoms with Crippen molar-refractivity contribution < 1.29 is 14.3 Å². The number of rotatable bonds is 5. The fourth-order valence-corrected chi connectivity index (χ4v) is 2.08. The van der Waals surface area contributed by atoms with E-state index in [9.17, 15) is 4.79 Å². The molecule has 2 N–H and O–H groups in total. The van der Waals surface area contributed by atoms with Gasteiger partial charge in [-0.1, -0.05) is 0 Å². The van der Waals surface area contributed by atoms with Gasteiger partial charge in [-0.25, -0.2) is 0 Å². The summed E-state index contributed by atoms with van der Waals surface area (Å²) in [6.07, 6.45) is 2.10. The van der Waals surface area contributed by atoms with Crippen LogP contribution in [-0.4, -0.2) is 36.4 Å². The maximum Gasteiger partial charge on any atom is 0.269 e. The van der Waals surface area contributed by atoms with Crippen LogP contribution in [0.4, 0.5) is 0 Å². The van der Waals surface area contributed by atoms with Gasteiger partial charge in [0.05, 0.1) is 19.9 Å². The molecule has 0 saturated heterocycles. The minimum absolute atomic E-state index is 0.127. The molecular weight excluding hydrogens is 270 g/mol. The average molecular weight is 287 g/mol. The van der Waals surface area contributed by atoms with E-state index in [0.717, 1.165) is 18.4 Å². The Bertz CT molecular complexity index is 662. The molecule has 6 heteroatoms. The lowest BCUT2D eigenvalue weighted by Crippen LogP contribution is -2.25.